The number of aryl methyl sites for hydroxylation is 1. The number of ether oxygens (including phenoxy) is 2. The van der Waals surface area contributed by atoms with Crippen molar-refractivity contribution in [2.75, 3.05) is 13.7 Å². The summed E-state index contributed by atoms with van der Waals surface area (Å²) in [6, 6.07) is 3.53. The summed E-state index contributed by atoms with van der Waals surface area (Å²) in [6.07, 6.45) is 2.42. The molecule has 1 atom stereocenters. The van der Waals surface area contributed by atoms with Crippen molar-refractivity contribution in [1.29, 1.82) is 0 Å². The highest BCUT2D eigenvalue weighted by molar-refractivity contribution is 5.70. The summed E-state index contributed by atoms with van der Waals surface area (Å²) in [5.41, 5.74) is 1.10. The van der Waals surface area contributed by atoms with Crippen molar-refractivity contribution >= 4 is 11.2 Å². The molecule has 6 heteroatoms. The van der Waals surface area contributed by atoms with Gasteiger partial charge in [-0.25, -0.2) is 4.98 Å². The van der Waals surface area contributed by atoms with Crippen LogP contribution < -0.4 is 10.3 Å². The van der Waals surface area contributed by atoms with Crippen molar-refractivity contribution in [1.82, 2.24) is 14.5 Å². The summed E-state index contributed by atoms with van der Waals surface area (Å²) >= 11 is 0. The molecule has 1 saturated heterocycles. The minimum Gasteiger partial charge on any atom is -0.481 e. The van der Waals surface area contributed by atoms with Gasteiger partial charge >= 0.3 is 0 Å². The van der Waals surface area contributed by atoms with Gasteiger partial charge in [0.2, 0.25) is 5.88 Å². The molecule has 0 aromatic carbocycles. The smallest absolute Gasteiger partial charge is 0.270 e. The fourth-order valence-electron chi connectivity index (χ4n) is 1.86. The van der Waals surface area contributed by atoms with Crippen LogP contribution in [0.1, 0.15) is 6.42 Å². The third-order valence-corrected chi connectivity index (χ3v) is 2.95. The van der Waals surface area contributed by atoms with E-state index in [9.17, 15) is 4.79 Å². The van der Waals surface area contributed by atoms with E-state index in [1.807, 2.05) is 0 Å². The van der Waals surface area contributed by atoms with Crippen LogP contribution in [0.5, 0.6) is 5.88 Å². The van der Waals surface area contributed by atoms with Gasteiger partial charge in [0.15, 0.2) is 5.65 Å². The van der Waals surface area contributed by atoms with Crippen LogP contribution in [0.4, 0.5) is 0 Å². The first-order valence-corrected chi connectivity index (χ1v) is 5.80. The minimum absolute atomic E-state index is 0.149. The Kier molecular flexibility index (Phi) is 2.71. The normalized spacial score (nSPS) is 17.9. The van der Waals surface area contributed by atoms with E-state index < -0.39 is 0 Å². The monoisotopic (exact) mass is 247 g/mol. The van der Waals surface area contributed by atoms with Gasteiger partial charge in [-0.2, -0.15) is 4.98 Å². The van der Waals surface area contributed by atoms with Crippen LogP contribution >= 0.6 is 0 Å². The molecule has 3 heterocycles. The Bertz CT molecular complexity index is 634. The molecule has 1 fully saturated rings. The topological polar surface area (TPSA) is 69.5 Å². The lowest BCUT2D eigenvalue weighted by Crippen LogP contribution is -2.22. The van der Waals surface area contributed by atoms with Crippen molar-refractivity contribution in [3.05, 3.63) is 28.7 Å². The molecule has 0 radical (unpaired) electrons. The Hall–Kier alpha value is -1.95. The third kappa shape index (κ3) is 2.06. The molecule has 1 aliphatic heterocycles. The first kappa shape index (κ1) is 11.2. The summed E-state index contributed by atoms with van der Waals surface area (Å²) < 4.78 is 11.8. The fraction of sp³-hybridized carbons (Fsp3) is 0.417. The zero-order valence-corrected chi connectivity index (χ0v) is 10.00. The number of hydrogen-bond acceptors (Lipinski definition) is 5. The second-order valence-electron chi connectivity index (χ2n) is 4.19. The molecule has 1 unspecified atom stereocenters. The molecule has 2 aromatic rings. The highest BCUT2D eigenvalue weighted by atomic mass is 16.6. The number of methoxy groups -OCH3 is 1. The summed E-state index contributed by atoms with van der Waals surface area (Å²) in [5, 5.41) is 0. The van der Waals surface area contributed by atoms with Crippen LogP contribution in [0, 0.1) is 0 Å². The highest BCUT2D eigenvalue weighted by Crippen LogP contribution is 2.16. The van der Waals surface area contributed by atoms with Crippen LogP contribution in [0.2, 0.25) is 0 Å². The Morgan fingerprint density at radius 1 is 1.56 bits per heavy atom. The molecular weight excluding hydrogens is 234 g/mol. The second kappa shape index (κ2) is 4.38. The minimum atomic E-state index is -0.149. The van der Waals surface area contributed by atoms with Gasteiger partial charge in [-0.15, -0.1) is 0 Å². The number of rotatable bonds is 4. The van der Waals surface area contributed by atoms with E-state index in [-0.39, 0.29) is 11.7 Å². The molecule has 6 nitrogen and oxygen atoms in total. The lowest BCUT2D eigenvalue weighted by atomic mass is 10.3. The zero-order valence-electron chi connectivity index (χ0n) is 10.00. The van der Waals surface area contributed by atoms with Gasteiger partial charge in [0.05, 0.1) is 26.0 Å². The van der Waals surface area contributed by atoms with E-state index in [4.69, 9.17) is 9.47 Å². The second-order valence-corrected chi connectivity index (χ2v) is 4.19. The molecule has 0 amide bonds. The van der Waals surface area contributed by atoms with Gasteiger partial charge in [0.25, 0.3) is 5.56 Å². The third-order valence-electron chi connectivity index (χ3n) is 2.95. The quantitative estimate of drug-likeness (QED) is 0.739. The van der Waals surface area contributed by atoms with Gasteiger partial charge < -0.3 is 9.47 Å². The molecule has 0 spiro atoms. The highest BCUT2D eigenvalue weighted by Gasteiger charge is 2.22. The first-order chi connectivity index (χ1) is 8.78. The van der Waals surface area contributed by atoms with E-state index in [2.05, 4.69) is 9.97 Å². The molecule has 94 valence electrons. The van der Waals surface area contributed by atoms with Crippen LogP contribution in [0.15, 0.2) is 23.1 Å². The summed E-state index contributed by atoms with van der Waals surface area (Å²) in [4.78, 5) is 20.2. The lowest BCUT2D eigenvalue weighted by Gasteiger charge is -2.08. The Morgan fingerprint density at radius 3 is 3.11 bits per heavy atom. The van der Waals surface area contributed by atoms with E-state index in [0.717, 1.165) is 13.0 Å². The molecule has 2 aromatic heterocycles. The molecule has 1 aliphatic rings. The Morgan fingerprint density at radius 2 is 2.39 bits per heavy atom. The van der Waals surface area contributed by atoms with Gasteiger partial charge in [-0.05, 0) is 12.5 Å². The molecule has 0 N–H and O–H groups in total. The number of epoxide rings is 1. The van der Waals surface area contributed by atoms with Crippen LogP contribution in [0.3, 0.4) is 0 Å². The average Bonchev–Trinajstić information content (AvgIpc) is 3.21. The molecular formula is C12H13N3O3. The molecule has 0 bridgehead atoms. The summed E-state index contributed by atoms with van der Waals surface area (Å²) in [6.45, 7) is 1.37. The maximum Gasteiger partial charge on any atom is 0.270 e. The van der Waals surface area contributed by atoms with Crippen molar-refractivity contribution in [3.8, 4) is 5.88 Å². The first-order valence-electron chi connectivity index (χ1n) is 5.80. The van der Waals surface area contributed by atoms with Crippen molar-refractivity contribution < 1.29 is 9.47 Å². The fourth-order valence-corrected chi connectivity index (χ4v) is 1.86. The van der Waals surface area contributed by atoms with Crippen LogP contribution in [-0.2, 0) is 11.3 Å². The SMILES string of the molecule is COc1ccc2ncc(=O)n(CCC3CO3)c2n1. The largest absolute Gasteiger partial charge is 0.481 e. The molecule has 0 aliphatic carbocycles. The van der Waals surface area contributed by atoms with Crippen LogP contribution in [-0.4, -0.2) is 34.4 Å². The Balaban J connectivity index is 2.06. The van der Waals surface area contributed by atoms with Crippen molar-refractivity contribution in [2.45, 2.75) is 19.1 Å². The summed E-state index contributed by atoms with van der Waals surface area (Å²) in [5.74, 6) is 0.478. The molecule has 3 rings (SSSR count). The van der Waals surface area contributed by atoms with Gasteiger partial charge in [0, 0.05) is 12.6 Å². The van der Waals surface area contributed by atoms with Gasteiger partial charge in [-0.3, -0.25) is 9.36 Å². The van der Waals surface area contributed by atoms with E-state index in [0.29, 0.717) is 23.6 Å². The van der Waals surface area contributed by atoms with Gasteiger partial charge in [-0.1, -0.05) is 0 Å². The van der Waals surface area contributed by atoms with Crippen LogP contribution in [0.25, 0.3) is 11.2 Å². The zero-order chi connectivity index (χ0) is 12.5. The average molecular weight is 247 g/mol. The van der Waals surface area contributed by atoms with E-state index >= 15 is 0 Å². The molecule has 0 saturated carbocycles. The van der Waals surface area contributed by atoms with E-state index in [1.165, 1.54) is 6.20 Å². The maximum absolute atomic E-state index is 11.8. The maximum atomic E-state index is 11.8. The van der Waals surface area contributed by atoms with E-state index in [1.54, 1.807) is 23.8 Å². The van der Waals surface area contributed by atoms with Gasteiger partial charge in [0.1, 0.15) is 5.52 Å². The summed E-state index contributed by atoms with van der Waals surface area (Å²) in [7, 11) is 1.55. The number of aromatic nitrogens is 3. The number of nitrogens with zero attached hydrogens (tertiary/aromatic N) is 3. The number of hydrogen-bond donors (Lipinski definition) is 0. The predicted molar refractivity (Wildman–Crippen MR) is 64.7 cm³/mol. The predicted octanol–water partition coefficient (Wildman–Crippen LogP) is 0.589. The lowest BCUT2D eigenvalue weighted by molar-refractivity contribution is 0.383. The standard InChI is InChI=1S/C12H13N3O3/c1-17-10-3-2-9-12(14-10)15(11(16)6-13-9)5-4-8-7-18-8/h2-3,6,8H,4-5,7H2,1H3. The molecule has 18 heavy (non-hydrogen) atoms. The van der Waals surface area contributed by atoms with Crippen molar-refractivity contribution in [3.63, 3.8) is 0 Å². The Labute approximate surface area is 103 Å². The number of pyridine rings is 1. The number of fused-ring (bicyclic) bond motifs is 1. The van der Waals surface area contributed by atoms with Crippen molar-refractivity contribution in [2.24, 2.45) is 0 Å².